The third kappa shape index (κ3) is 4.53. The number of cyclic esters (lactones) is 1. The van der Waals surface area contributed by atoms with E-state index in [2.05, 4.69) is 18.8 Å². The SMILES string of the molecule is COc1ccc(/C=C2\N=C(c3ccc(F)cc3)OC2=O)cc1OCC(C)C. The van der Waals surface area contributed by atoms with Gasteiger partial charge in [-0.3, -0.25) is 0 Å². The van der Waals surface area contributed by atoms with Crippen molar-refractivity contribution in [2.45, 2.75) is 13.8 Å². The van der Waals surface area contributed by atoms with E-state index in [1.807, 2.05) is 0 Å². The summed E-state index contributed by atoms with van der Waals surface area (Å²) < 4.78 is 29.3. The molecule has 0 aromatic heterocycles. The van der Waals surface area contributed by atoms with E-state index in [4.69, 9.17) is 14.2 Å². The van der Waals surface area contributed by atoms with Gasteiger partial charge in [-0.25, -0.2) is 14.2 Å². The molecule has 0 aliphatic carbocycles. The third-order valence-corrected chi connectivity index (χ3v) is 3.77. The molecule has 0 saturated heterocycles. The minimum absolute atomic E-state index is 0.149. The second-order valence-electron chi connectivity index (χ2n) is 6.46. The van der Waals surface area contributed by atoms with Gasteiger partial charge in [0.05, 0.1) is 13.7 Å². The van der Waals surface area contributed by atoms with Crippen LogP contribution in [0.1, 0.15) is 25.0 Å². The zero-order valence-electron chi connectivity index (χ0n) is 15.4. The molecule has 1 heterocycles. The Morgan fingerprint density at radius 3 is 2.56 bits per heavy atom. The molecule has 3 rings (SSSR count). The Hall–Kier alpha value is -3.15. The second kappa shape index (κ2) is 8.03. The van der Waals surface area contributed by atoms with Crippen LogP contribution in [0.25, 0.3) is 6.08 Å². The van der Waals surface area contributed by atoms with Crippen molar-refractivity contribution >= 4 is 17.9 Å². The summed E-state index contributed by atoms with van der Waals surface area (Å²) in [6.45, 7) is 4.66. The maximum absolute atomic E-state index is 13.0. The molecule has 0 saturated carbocycles. The summed E-state index contributed by atoms with van der Waals surface area (Å²) in [5, 5.41) is 0. The highest BCUT2D eigenvalue weighted by atomic mass is 19.1. The molecule has 0 radical (unpaired) electrons. The Bertz CT molecular complexity index is 901. The number of ether oxygens (including phenoxy) is 3. The van der Waals surface area contributed by atoms with Crippen LogP contribution in [-0.2, 0) is 9.53 Å². The van der Waals surface area contributed by atoms with Gasteiger partial charge in [-0.05, 0) is 54.0 Å². The van der Waals surface area contributed by atoms with E-state index in [1.54, 1.807) is 31.4 Å². The molecule has 27 heavy (non-hydrogen) atoms. The number of methoxy groups -OCH3 is 1. The monoisotopic (exact) mass is 369 g/mol. The van der Waals surface area contributed by atoms with Crippen molar-refractivity contribution in [3.8, 4) is 11.5 Å². The highest BCUT2D eigenvalue weighted by molar-refractivity contribution is 6.12. The number of hydrogen-bond acceptors (Lipinski definition) is 5. The Kier molecular flexibility index (Phi) is 5.54. The molecule has 6 heteroatoms. The van der Waals surface area contributed by atoms with Crippen LogP contribution in [0.4, 0.5) is 4.39 Å². The molecule has 0 bridgehead atoms. The van der Waals surface area contributed by atoms with Gasteiger partial charge in [0.1, 0.15) is 5.82 Å². The highest BCUT2D eigenvalue weighted by Crippen LogP contribution is 2.30. The topological polar surface area (TPSA) is 57.1 Å². The lowest BCUT2D eigenvalue weighted by Crippen LogP contribution is -2.06. The maximum Gasteiger partial charge on any atom is 0.363 e. The van der Waals surface area contributed by atoms with Crippen LogP contribution >= 0.6 is 0 Å². The predicted octanol–water partition coefficient (Wildman–Crippen LogP) is 4.21. The first-order valence-electron chi connectivity index (χ1n) is 8.55. The summed E-state index contributed by atoms with van der Waals surface area (Å²) in [5.74, 6) is 0.791. The number of carbonyl (C=O) groups excluding carboxylic acids is 1. The summed E-state index contributed by atoms with van der Waals surface area (Å²) in [6, 6.07) is 10.9. The van der Waals surface area contributed by atoms with E-state index < -0.39 is 5.97 Å². The summed E-state index contributed by atoms with van der Waals surface area (Å²) >= 11 is 0. The molecule has 1 aliphatic heterocycles. The van der Waals surface area contributed by atoms with Crippen LogP contribution in [0.5, 0.6) is 11.5 Å². The van der Waals surface area contributed by atoms with E-state index in [0.717, 1.165) is 5.56 Å². The number of hydrogen-bond donors (Lipinski definition) is 0. The molecule has 0 spiro atoms. The van der Waals surface area contributed by atoms with Crippen molar-refractivity contribution in [3.63, 3.8) is 0 Å². The first kappa shape index (κ1) is 18.6. The van der Waals surface area contributed by atoms with E-state index >= 15 is 0 Å². The van der Waals surface area contributed by atoms with Gasteiger partial charge in [0.15, 0.2) is 17.2 Å². The summed E-state index contributed by atoms with van der Waals surface area (Å²) in [6.07, 6.45) is 1.61. The summed E-state index contributed by atoms with van der Waals surface area (Å²) in [7, 11) is 1.57. The fraction of sp³-hybridized carbons (Fsp3) is 0.238. The molecule has 0 unspecified atom stereocenters. The molecule has 1 aliphatic rings. The lowest BCUT2D eigenvalue weighted by atomic mass is 10.1. The predicted molar refractivity (Wildman–Crippen MR) is 100 cm³/mol. The Morgan fingerprint density at radius 2 is 1.89 bits per heavy atom. The number of rotatable bonds is 6. The summed E-state index contributed by atoms with van der Waals surface area (Å²) in [4.78, 5) is 16.3. The highest BCUT2D eigenvalue weighted by Gasteiger charge is 2.24. The smallest absolute Gasteiger partial charge is 0.363 e. The molecule has 0 amide bonds. The zero-order valence-corrected chi connectivity index (χ0v) is 15.4. The van der Waals surface area contributed by atoms with Gasteiger partial charge in [0.25, 0.3) is 0 Å². The van der Waals surface area contributed by atoms with Gasteiger partial charge in [-0.15, -0.1) is 0 Å². The van der Waals surface area contributed by atoms with Crippen molar-refractivity contribution < 1.29 is 23.4 Å². The van der Waals surface area contributed by atoms with Gasteiger partial charge in [0.2, 0.25) is 5.90 Å². The molecule has 2 aromatic rings. The van der Waals surface area contributed by atoms with Gasteiger partial charge in [0, 0.05) is 5.56 Å². The lowest BCUT2D eigenvalue weighted by molar-refractivity contribution is -0.129. The fourth-order valence-electron chi connectivity index (χ4n) is 2.44. The Balaban J connectivity index is 1.87. The maximum atomic E-state index is 13.0. The Morgan fingerprint density at radius 1 is 1.15 bits per heavy atom. The molecule has 0 fully saturated rings. The standard InChI is InChI=1S/C21H20FNO4/c1-13(2)12-26-19-11-14(4-9-18(19)25-3)10-17-21(24)27-20(23-17)15-5-7-16(22)8-6-15/h4-11,13H,12H2,1-3H3/b17-10-. The molecule has 0 atom stereocenters. The molecule has 140 valence electrons. The number of benzene rings is 2. The van der Waals surface area contributed by atoms with Crippen LogP contribution in [0.15, 0.2) is 53.2 Å². The zero-order chi connectivity index (χ0) is 19.4. The van der Waals surface area contributed by atoms with Gasteiger partial charge in [-0.2, -0.15) is 0 Å². The van der Waals surface area contributed by atoms with Crippen LogP contribution in [0, 0.1) is 11.7 Å². The van der Waals surface area contributed by atoms with Crippen LogP contribution in [0.3, 0.4) is 0 Å². The number of halogens is 1. The minimum atomic E-state index is -0.560. The van der Waals surface area contributed by atoms with Crippen LogP contribution in [-0.4, -0.2) is 25.6 Å². The molecular formula is C21H20FNO4. The normalized spacial score (nSPS) is 15.1. The van der Waals surface area contributed by atoms with Crippen molar-refractivity contribution in [3.05, 3.63) is 65.1 Å². The van der Waals surface area contributed by atoms with E-state index in [9.17, 15) is 9.18 Å². The first-order valence-corrected chi connectivity index (χ1v) is 8.55. The number of carbonyl (C=O) groups is 1. The van der Waals surface area contributed by atoms with E-state index in [-0.39, 0.29) is 17.4 Å². The third-order valence-electron chi connectivity index (χ3n) is 3.77. The van der Waals surface area contributed by atoms with Crippen molar-refractivity contribution in [1.82, 2.24) is 0 Å². The molecule has 5 nitrogen and oxygen atoms in total. The number of esters is 1. The van der Waals surface area contributed by atoms with E-state index in [0.29, 0.717) is 29.6 Å². The van der Waals surface area contributed by atoms with Crippen LogP contribution < -0.4 is 9.47 Å². The fourth-order valence-corrected chi connectivity index (χ4v) is 2.44. The van der Waals surface area contributed by atoms with Crippen molar-refractivity contribution in [1.29, 1.82) is 0 Å². The molecular weight excluding hydrogens is 349 g/mol. The number of aliphatic imine (C=N–C) groups is 1. The van der Waals surface area contributed by atoms with Crippen molar-refractivity contribution in [2.24, 2.45) is 10.9 Å². The largest absolute Gasteiger partial charge is 0.493 e. The molecule has 0 N–H and O–H groups in total. The van der Waals surface area contributed by atoms with Crippen LogP contribution in [0.2, 0.25) is 0 Å². The average Bonchev–Trinajstić information content (AvgIpc) is 3.01. The van der Waals surface area contributed by atoms with Crippen molar-refractivity contribution in [2.75, 3.05) is 13.7 Å². The van der Waals surface area contributed by atoms with E-state index in [1.165, 1.54) is 24.3 Å². The van der Waals surface area contributed by atoms with Gasteiger partial charge >= 0.3 is 5.97 Å². The molecule has 2 aromatic carbocycles. The minimum Gasteiger partial charge on any atom is -0.493 e. The quantitative estimate of drug-likeness (QED) is 0.565. The van der Waals surface area contributed by atoms with Gasteiger partial charge < -0.3 is 14.2 Å². The lowest BCUT2D eigenvalue weighted by Gasteiger charge is -2.13. The first-order chi connectivity index (χ1) is 13.0. The Labute approximate surface area is 157 Å². The summed E-state index contributed by atoms with van der Waals surface area (Å²) in [5.41, 5.74) is 1.42. The number of nitrogens with zero attached hydrogens (tertiary/aromatic N) is 1. The second-order valence-corrected chi connectivity index (χ2v) is 6.46. The average molecular weight is 369 g/mol. The van der Waals surface area contributed by atoms with Gasteiger partial charge in [-0.1, -0.05) is 19.9 Å².